The lowest BCUT2D eigenvalue weighted by molar-refractivity contribution is -0.398. The van der Waals surface area contributed by atoms with Crippen molar-refractivity contribution < 1.29 is 29.2 Å². The summed E-state index contributed by atoms with van der Waals surface area (Å²) in [5.41, 5.74) is 0.880. The molecule has 0 aliphatic carbocycles. The van der Waals surface area contributed by atoms with Gasteiger partial charge in [-0.2, -0.15) is 0 Å². The molecule has 1 aliphatic rings. The summed E-state index contributed by atoms with van der Waals surface area (Å²) in [6.45, 7) is 1.37. The van der Waals surface area contributed by atoms with Gasteiger partial charge in [0.2, 0.25) is 5.91 Å². The van der Waals surface area contributed by atoms with Crippen molar-refractivity contribution in [1.82, 2.24) is 4.90 Å². The molecular formula is C20H16N3O7S-. The van der Waals surface area contributed by atoms with Crippen LogP contribution in [-0.4, -0.2) is 40.5 Å². The van der Waals surface area contributed by atoms with Gasteiger partial charge < -0.3 is 15.2 Å². The van der Waals surface area contributed by atoms with Crippen LogP contribution in [0.15, 0.2) is 41.3 Å². The fourth-order valence-corrected chi connectivity index (χ4v) is 3.67. The fraction of sp³-hybridized carbons (Fsp3) is 0.150. The van der Waals surface area contributed by atoms with E-state index in [4.69, 9.17) is 4.74 Å². The number of benzene rings is 2. The molecule has 0 atom stereocenters. The van der Waals surface area contributed by atoms with E-state index in [-0.39, 0.29) is 16.2 Å². The highest BCUT2D eigenvalue weighted by Crippen LogP contribution is 2.37. The number of nitrogens with zero attached hydrogens (tertiary/aromatic N) is 2. The number of thioether (sulfide) groups is 1. The van der Waals surface area contributed by atoms with E-state index >= 15 is 0 Å². The van der Waals surface area contributed by atoms with Crippen LogP contribution in [0.5, 0.6) is 11.5 Å². The number of rotatable bonds is 6. The Hall–Kier alpha value is -3.86. The monoisotopic (exact) mass is 442 g/mol. The van der Waals surface area contributed by atoms with Gasteiger partial charge in [-0.25, -0.2) is 0 Å². The highest BCUT2D eigenvalue weighted by atomic mass is 32.2. The average molecular weight is 442 g/mol. The number of amides is 3. The number of hydrogen-bond donors (Lipinski definition) is 1. The molecule has 0 radical (unpaired) electrons. The van der Waals surface area contributed by atoms with Crippen molar-refractivity contribution in [2.45, 2.75) is 6.92 Å². The highest BCUT2D eigenvalue weighted by Gasteiger charge is 2.36. The summed E-state index contributed by atoms with van der Waals surface area (Å²) >= 11 is 0.589. The smallest absolute Gasteiger partial charge is 0.294 e. The number of nitrogens with one attached hydrogen (secondary N) is 1. The molecule has 160 valence electrons. The molecule has 0 aromatic heterocycles. The normalized spacial score (nSPS) is 14.8. The quantitative estimate of drug-likeness (QED) is 0.409. The lowest BCUT2D eigenvalue weighted by Gasteiger charge is -2.13. The molecule has 1 N–H and O–H groups in total. The molecule has 3 amide bonds. The van der Waals surface area contributed by atoms with Crippen molar-refractivity contribution in [2.75, 3.05) is 19.0 Å². The summed E-state index contributed by atoms with van der Waals surface area (Å²) in [5, 5.41) is 25.0. The first-order chi connectivity index (χ1) is 14.7. The van der Waals surface area contributed by atoms with E-state index in [9.17, 15) is 29.6 Å². The predicted octanol–water partition coefficient (Wildman–Crippen LogP) is 2.66. The van der Waals surface area contributed by atoms with Gasteiger partial charge >= 0.3 is 0 Å². The largest absolute Gasteiger partial charge is 0.865 e. The Balaban J connectivity index is 1.80. The van der Waals surface area contributed by atoms with Crippen molar-refractivity contribution in [1.29, 1.82) is 0 Å². The van der Waals surface area contributed by atoms with Gasteiger partial charge in [-0.3, -0.25) is 29.4 Å². The maximum absolute atomic E-state index is 12.6. The molecule has 31 heavy (non-hydrogen) atoms. The van der Waals surface area contributed by atoms with Crippen molar-refractivity contribution in [3.63, 3.8) is 0 Å². The Bertz CT molecular complexity index is 1130. The first-order valence-corrected chi connectivity index (χ1v) is 9.66. The third-order valence-electron chi connectivity index (χ3n) is 4.25. The lowest BCUT2D eigenvalue weighted by Crippen LogP contribution is -2.36. The molecule has 0 saturated carbocycles. The molecule has 3 rings (SSSR count). The van der Waals surface area contributed by atoms with E-state index < -0.39 is 40.0 Å². The molecule has 2 aromatic rings. The number of carbonyl (C=O) groups excluding carboxylic acids is 3. The molecule has 10 nitrogen and oxygen atoms in total. The number of imide groups is 1. The summed E-state index contributed by atoms with van der Waals surface area (Å²) in [4.78, 5) is 48.1. The van der Waals surface area contributed by atoms with Crippen LogP contribution in [-0.2, 0) is 9.59 Å². The Kier molecular flexibility index (Phi) is 6.25. The van der Waals surface area contributed by atoms with E-state index in [0.29, 0.717) is 17.4 Å². The molecule has 0 bridgehead atoms. The van der Waals surface area contributed by atoms with Crippen molar-refractivity contribution >= 4 is 46.3 Å². The minimum absolute atomic E-state index is 0.0386. The summed E-state index contributed by atoms with van der Waals surface area (Å²) in [6, 6.07) is 9.26. The molecule has 1 aliphatic heterocycles. The Labute approximate surface area is 180 Å². The molecule has 0 unspecified atom stereocenters. The second kappa shape index (κ2) is 8.88. The molecule has 1 heterocycles. The van der Waals surface area contributed by atoms with E-state index in [1.54, 1.807) is 18.2 Å². The number of carbonyl (C=O) groups is 3. The number of aryl methyl sites for hydroxylation is 1. The minimum atomic E-state index is -0.898. The molecule has 11 heteroatoms. The average Bonchev–Trinajstić information content (AvgIpc) is 2.96. The minimum Gasteiger partial charge on any atom is -0.865 e. The zero-order chi connectivity index (χ0) is 22.7. The van der Waals surface area contributed by atoms with Gasteiger partial charge in [0.25, 0.3) is 16.8 Å². The van der Waals surface area contributed by atoms with Crippen LogP contribution in [0.4, 0.5) is 16.2 Å². The van der Waals surface area contributed by atoms with Crippen molar-refractivity contribution in [2.24, 2.45) is 0 Å². The van der Waals surface area contributed by atoms with Crippen LogP contribution < -0.4 is 15.2 Å². The van der Waals surface area contributed by atoms with E-state index in [2.05, 4.69) is 5.32 Å². The van der Waals surface area contributed by atoms with Crippen LogP contribution in [0, 0.1) is 17.0 Å². The Morgan fingerprint density at radius 1 is 1.29 bits per heavy atom. The second-order valence-corrected chi connectivity index (χ2v) is 7.51. The zero-order valence-electron chi connectivity index (χ0n) is 16.4. The van der Waals surface area contributed by atoms with Crippen LogP contribution in [0.1, 0.15) is 11.1 Å². The van der Waals surface area contributed by atoms with Gasteiger partial charge in [0.05, 0.1) is 16.9 Å². The summed E-state index contributed by atoms with van der Waals surface area (Å²) < 4.78 is 4.86. The van der Waals surface area contributed by atoms with E-state index in [1.807, 2.05) is 13.0 Å². The fourth-order valence-electron chi connectivity index (χ4n) is 2.83. The summed E-state index contributed by atoms with van der Waals surface area (Å²) in [6.07, 6.45) is 1.23. The molecule has 2 aromatic carbocycles. The second-order valence-electron chi connectivity index (χ2n) is 6.51. The third kappa shape index (κ3) is 4.83. The van der Waals surface area contributed by atoms with Gasteiger partial charge in [-0.15, -0.1) is 0 Å². The van der Waals surface area contributed by atoms with E-state index in [1.165, 1.54) is 19.3 Å². The van der Waals surface area contributed by atoms with Gasteiger partial charge in [-0.05, 0) is 54.1 Å². The summed E-state index contributed by atoms with van der Waals surface area (Å²) in [7, 11) is 1.19. The molecular weight excluding hydrogens is 426 g/mol. The standard InChI is InChI=1S/C20H17N3O7S/c1-11-4-3-5-13(6-11)21-17(24)10-22-19(26)16(31-20(22)27)9-12-7-14(23(28)29)18(25)15(8-12)30-2/h3-9,25H,10H2,1-2H3,(H,21,24)/p-1/b16-9-. The number of nitro benzene ring substituents is 1. The zero-order valence-corrected chi connectivity index (χ0v) is 17.2. The molecule has 0 spiro atoms. The Morgan fingerprint density at radius 3 is 2.68 bits per heavy atom. The van der Waals surface area contributed by atoms with Crippen LogP contribution in [0.3, 0.4) is 0 Å². The summed E-state index contributed by atoms with van der Waals surface area (Å²) in [5.74, 6) is -2.44. The van der Waals surface area contributed by atoms with Gasteiger partial charge in [-0.1, -0.05) is 12.1 Å². The van der Waals surface area contributed by atoms with Gasteiger partial charge in [0.1, 0.15) is 12.3 Å². The first kappa shape index (κ1) is 21.8. The SMILES string of the molecule is COc1cc(/C=C2\SC(=O)N(CC(=O)Nc3cccc(C)c3)C2=O)cc([N+](=O)[O-])c1[O-]. The first-order valence-electron chi connectivity index (χ1n) is 8.85. The number of ether oxygens (including phenoxy) is 1. The number of anilines is 1. The Morgan fingerprint density at radius 2 is 2.03 bits per heavy atom. The highest BCUT2D eigenvalue weighted by molar-refractivity contribution is 8.18. The van der Waals surface area contributed by atoms with Crippen LogP contribution >= 0.6 is 11.8 Å². The topological polar surface area (TPSA) is 142 Å². The van der Waals surface area contributed by atoms with E-state index in [0.717, 1.165) is 16.5 Å². The number of methoxy groups -OCH3 is 1. The molecule has 1 fully saturated rings. The van der Waals surface area contributed by atoms with Crippen molar-refractivity contribution in [3.8, 4) is 11.5 Å². The van der Waals surface area contributed by atoms with Gasteiger partial charge in [0, 0.05) is 17.5 Å². The number of nitro groups is 1. The maximum atomic E-state index is 12.6. The third-order valence-corrected chi connectivity index (χ3v) is 5.16. The van der Waals surface area contributed by atoms with Crippen LogP contribution in [0.25, 0.3) is 6.08 Å². The predicted molar refractivity (Wildman–Crippen MR) is 112 cm³/mol. The van der Waals surface area contributed by atoms with Crippen LogP contribution in [0.2, 0.25) is 0 Å². The van der Waals surface area contributed by atoms with Gasteiger partial charge in [0.15, 0.2) is 0 Å². The number of hydrogen-bond acceptors (Lipinski definition) is 8. The maximum Gasteiger partial charge on any atom is 0.294 e. The lowest BCUT2D eigenvalue weighted by atomic mass is 10.1. The molecule has 1 saturated heterocycles. The van der Waals surface area contributed by atoms with Crippen molar-refractivity contribution in [3.05, 3.63) is 62.5 Å².